The summed E-state index contributed by atoms with van der Waals surface area (Å²) in [6.45, 7) is 3.46. The lowest BCUT2D eigenvalue weighted by molar-refractivity contribution is -0.139. The molecular weight excluding hydrogens is 388 g/mol. The number of carboxylic acid groups (broad SMARTS) is 1. The molecule has 0 spiro atoms. The number of hydrogen-bond acceptors (Lipinski definition) is 6. The van der Waals surface area contributed by atoms with Crippen molar-refractivity contribution in [3.8, 4) is 23.3 Å². The Balaban J connectivity index is 2.29. The summed E-state index contributed by atoms with van der Waals surface area (Å²) in [5, 5.41) is 20.9. The fraction of sp³-hybridized carbons (Fsp3) is 0.227. The van der Waals surface area contributed by atoms with Crippen LogP contribution in [0.2, 0.25) is 0 Å². The number of ether oxygens (including phenoxy) is 3. The van der Waals surface area contributed by atoms with Gasteiger partial charge in [-0.15, -0.1) is 0 Å². The first-order valence-corrected chi connectivity index (χ1v) is 9.07. The number of benzene rings is 2. The number of nitrogens with zero attached hydrogens (tertiary/aromatic N) is 1. The van der Waals surface area contributed by atoms with Gasteiger partial charge < -0.3 is 24.6 Å². The van der Waals surface area contributed by atoms with Crippen LogP contribution in [0.15, 0.2) is 42.0 Å². The average molecular weight is 410 g/mol. The van der Waals surface area contributed by atoms with Crippen LogP contribution < -0.4 is 19.5 Å². The van der Waals surface area contributed by atoms with Crippen molar-refractivity contribution in [3.63, 3.8) is 0 Å². The number of carboxylic acids is 1. The van der Waals surface area contributed by atoms with E-state index in [1.165, 1.54) is 19.3 Å². The van der Waals surface area contributed by atoms with Crippen LogP contribution in [0.4, 0.5) is 5.69 Å². The molecule has 2 rings (SSSR count). The monoisotopic (exact) mass is 410 g/mol. The minimum absolute atomic E-state index is 0.125. The van der Waals surface area contributed by atoms with E-state index < -0.39 is 18.5 Å². The molecule has 2 N–H and O–H groups in total. The Kier molecular flexibility index (Phi) is 7.82. The number of hydrogen-bond donors (Lipinski definition) is 2. The Labute approximate surface area is 174 Å². The Morgan fingerprint density at radius 2 is 1.87 bits per heavy atom. The number of rotatable bonds is 9. The number of carbonyl (C=O) groups excluding carboxylic acids is 1. The molecule has 0 aliphatic heterocycles. The second kappa shape index (κ2) is 10.5. The van der Waals surface area contributed by atoms with Crippen molar-refractivity contribution < 1.29 is 28.9 Å². The lowest BCUT2D eigenvalue weighted by Crippen LogP contribution is -2.14. The van der Waals surface area contributed by atoms with Crippen molar-refractivity contribution in [2.45, 2.75) is 13.8 Å². The van der Waals surface area contributed by atoms with Gasteiger partial charge in [-0.05, 0) is 55.3 Å². The summed E-state index contributed by atoms with van der Waals surface area (Å²) in [4.78, 5) is 23.3. The maximum atomic E-state index is 12.6. The number of carbonyl (C=O) groups is 2. The summed E-state index contributed by atoms with van der Waals surface area (Å²) < 4.78 is 15.9. The van der Waals surface area contributed by atoms with E-state index in [0.717, 1.165) is 5.56 Å². The first-order valence-electron chi connectivity index (χ1n) is 9.07. The van der Waals surface area contributed by atoms with Gasteiger partial charge in [-0.25, -0.2) is 4.79 Å². The summed E-state index contributed by atoms with van der Waals surface area (Å²) in [7, 11) is 1.49. The molecular formula is C22H22N2O6. The molecule has 8 nitrogen and oxygen atoms in total. The third-order valence-corrected chi connectivity index (χ3v) is 3.90. The van der Waals surface area contributed by atoms with Crippen LogP contribution in [0.25, 0.3) is 6.08 Å². The third kappa shape index (κ3) is 6.01. The highest BCUT2D eigenvalue weighted by Crippen LogP contribution is 2.30. The van der Waals surface area contributed by atoms with Crippen molar-refractivity contribution >= 4 is 23.6 Å². The van der Waals surface area contributed by atoms with E-state index in [1.807, 2.05) is 19.1 Å². The first-order chi connectivity index (χ1) is 14.4. The molecule has 0 saturated heterocycles. The van der Waals surface area contributed by atoms with Gasteiger partial charge in [0, 0.05) is 0 Å². The molecule has 2 aromatic rings. The Hall–Kier alpha value is -3.99. The summed E-state index contributed by atoms with van der Waals surface area (Å²) in [6, 6.07) is 11.9. The molecule has 0 saturated carbocycles. The number of nitriles is 1. The minimum Gasteiger partial charge on any atom is -0.495 e. The second-order valence-electron chi connectivity index (χ2n) is 6.15. The zero-order valence-electron chi connectivity index (χ0n) is 16.9. The van der Waals surface area contributed by atoms with Gasteiger partial charge in [0.05, 0.1) is 19.4 Å². The molecule has 0 atom stereocenters. The predicted molar refractivity (Wildman–Crippen MR) is 111 cm³/mol. The summed E-state index contributed by atoms with van der Waals surface area (Å²) in [5.41, 5.74) is 1.77. The third-order valence-electron chi connectivity index (χ3n) is 3.90. The highest BCUT2D eigenvalue weighted by atomic mass is 16.5. The van der Waals surface area contributed by atoms with Gasteiger partial charge in [-0.2, -0.15) is 5.26 Å². The molecule has 156 valence electrons. The lowest BCUT2D eigenvalue weighted by atomic mass is 10.1. The van der Waals surface area contributed by atoms with E-state index >= 15 is 0 Å². The first kappa shape index (κ1) is 22.3. The Morgan fingerprint density at radius 1 is 1.13 bits per heavy atom. The fourth-order valence-electron chi connectivity index (χ4n) is 2.57. The van der Waals surface area contributed by atoms with Gasteiger partial charge in [0.15, 0.2) is 18.1 Å². The van der Waals surface area contributed by atoms with Crippen molar-refractivity contribution in [1.82, 2.24) is 0 Å². The van der Waals surface area contributed by atoms with Crippen molar-refractivity contribution in [3.05, 3.63) is 53.1 Å². The van der Waals surface area contributed by atoms with Gasteiger partial charge in [0.1, 0.15) is 17.4 Å². The molecule has 0 unspecified atom stereocenters. The minimum atomic E-state index is -1.11. The van der Waals surface area contributed by atoms with Crippen LogP contribution >= 0.6 is 0 Å². The molecule has 1 amide bonds. The maximum Gasteiger partial charge on any atom is 0.341 e. The summed E-state index contributed by atoms with van der Waals surface area (Å²) in [5.74, 6) is -0.666. The highest BCUT2D eigenvalue weighted by molar-refractivity contribution is 6.10. The number of nitrogens with one attached hydrogen (secondary N) is 1. The largest absolute Gasteiger partial charge is 0.495 e. The molecule has 2 aromatic carbocycles. The zero-order valence-corrected chi connectivity index (χ0v) is 16.9. The number of aliphatic carboxylic acids is 1. The quantitative estimate of drug-likeness (QED) is 0.480. The highest BCUT2D eigenvalue weighted by Gasteiger charge is 2.14. The van der Waals surface area contributed by atoms with Crippen LogP contribution in [0, 0.1) is 18.3 Å². The molecule has 0 aliphatic carbocycles. The van der Waals surface area contributed by atoms with Crippen LogP contribution in [-0.2, 0) is 9.59 Å². The van der Waals surface area contributed by atoms with Crippen LogP contribution in [0.3, 0.4) is 0 Å². The molecule has 0 fully saturated rings. The van der Waals surface area contributed by atoms with Crippen molar-refractivity contribution in [2.75, 3.05) is 25.6 Å². The SMILES string of the molecule is CCOc1cc(/C=C(\C#N)C(=O)Nc2cc(C)ccc2OC)ccc1OCC(=O)O. The normalized spacial score (nSPS) is 10.7. The maximum absolute atomic E-state index is 12.6. The van der Waals surface area contributed by atoms with E-state index in [-0.39, 0.29) is 11.3 Å². The van der Waals surface area contributed by atoms with E-state index in [2.05, 4.69) is 5.32 Å². The number of aryl methyl sites for hydroxylation is 1. The molecule has 0 heterocycles. The van der Waals surface area contributed by atoms with E-state index in [4.69, 9.17) is 19.3 Å². The molecule has 8 heteroatoms. The number of methoxy groups -OCH3 is 1. The van der Waals surface area contributed by atoms with Crippen molar-refractivity contribution in [2.24, 2.45) is 0 Å². The summed E-state index contributed by atoms with van der Waals surface area (Å²) >= 11 is 0. The van der Waals surface area contributed by atoms with Crippen molar-refractivity contribution in [1.29, 1.82) is 5.26 Å². The van der Waals surface area contributed by atoms with Gasteiger partial charge >= 0.3 is 5.97 Å². The van der Waals surface area contributed by atoms with E-state index in [1.54, 1.807) is 31.2 Å². The zero-order chi connectivity index (χ0) is 22.1. The van der Waals surface area contributed by atoms with E-state index in [0.29, 0.717) is 29.4 Å². The number of amides is 1. The van der Waals surface area contributed by atoms with Gasteiger partial charge in [0.2, 0.25) is 0 Å². The summed E-state index contributed by atoms with van der Waals surface area (Å²) in [6.07, 6.45) is 1.40. The fourth-order valence-corrected chi connectivity index (χ4v) is 2.57. The second-order valence-corrected chi connectivity index (χ2v) is 6.15. The lowest BCUT2D eigenvalue weighted by Gasteiger charge is -2.12. The Bertz CT molecular complexity index is 1010. The van der Waals surface area contributed by atoms with Gasteiger partial charge in [0.25, 0.3) is 5.91 Å². The molecule has 0 aromatic heterocycles. The Morgan fingerprint density at radius 3 is 2.50 bits per heavy atom. The average Bonchev–Trinajstić information content (AvgIpc) is 2.71. The van der Waals surface area contributed by atoms with Crippen LogP contribution in [0.1, 0.15) is 18.1 Å². The predicted octanol–water partition coefficient (Wildman–Crippen LogP) is 3.41. The molecule has 0 aliphatic rings. The van der Waals surface area contributed by atoms with Gasteiger partial charge in [-0.3, -0.25) is 4.79 Å². The standard InChI is InChI=1S/C22H22N2O6/c1-4-29-20-11-15(6-8-19(20)30-13-21(25)26)10-16(12-23)22(27)24-17-9-14(2)5-7-18(17)28-3/h5-11H,4,13H2,1-3H3,(H,24,27)(H,25,26)/b16-10+. The van der Waals surface area contributed by atoms with Gasteiger partial charge in [-0.1, -0.05) is 12.1 Å². The molecule has 0 bridgehead atoms. The molecule has 30 heavy (non-hydrogen) atoms. The topological polar surface area (TPSA) is 118 Å². The number of anilines is 1. The van der Waals surface area contributed by atoms with Crippen LogP contribution in [0.5, 0.6) is 17.2 Å². The van der Waals surface area contributed by atoms with Crippen LogP contribution in [-0.4, -0.2) is 37.3 Å². The van der Waals surface area contributed by atoms with E-state index in [9.17, 15) is 14.9 Å². The molecule has 0 radical (unpaired) electrons. The smallest absolute Gasteiger partial charge is 0.341 e.